The van der Waals surface area contributed by atoms with Crippen LogP contribution >= 0.6 is 15.9 Å². The molecule has 0 atom stereocenters. The molecule has 0 N–H and O–H groups in total. The average molecular weight is 329 g/mol. The van der Waals surface area contributed by atoms with Gasteiger partial charge in [-0.2, -0.15) is 0 Å². The maximum atomic E-state index is 5.87. The Balaban J connectivity index is 1.91. The van der Waals surface area contributed by atoms with Crippen molar-refractivity contribution >= 4 is 26.8 Å². The van der Waals surface area contributed by atoms with Gasteiger partial charge < -0.3 is 4.74 Å². The summed E-state index contributed by atoms with van der Waals surface area (Å²) in [5.41, 5.74) is 3.25. The zero-order valence-electron chi connectivity index (χ0n) is 11.0. The van der Waals surface area contributed by atoms with Gasteiger partial charge in [0.25, 0.3) is 0 Å². The lowest BCUT2D eigenvalue weighted by atomic mass is 10.1. The molecule has 0 fully saturated rings. The molecule has 20 heavy (non-hydrogen) atoms. The largest absolute Gasteiger partial charge is 0.472 e. The van der Waals surface area contributed by atoms with Crippen molar-refractivity contribution < 1.29 is 4.74 Å². The van der Waals surface area contributed by atoms with Gasteiger partial charge in [0.2, 0.25) is 5.88 Å². The molecule has 0 amide bonds. The second-order valence-electron chi connectivity index (χ2n) is 4.56. The molecule has 3 rings (SSSR count). The summed E-state index contributed by atoms with van der Waals surface area (Å²) < 4.78 is 6.86. The van der Waals surface area contributed by atoms with Gasteiger partial charge in [0.15, 0.2) is 0 Å². The smallest absolute Gasteiger partial charge is 0.224 e. The Morgan fingerprint density at radius 2 is 1.95 bits per heavy atom. The molecule has 100 valence electrons. The van der Waals surface area contributed by atoms with Crippen LogP contribution in [0.5, 0.6) is 5.88 Å². The minimum atomic E-state index is 0.505. The van der Waals surface area contributed by atoms with Crippen LogP contribution < -0.4 is 4.74 Å². The van der Waals surface area contributed by atoms with Gasteiger partial charge in [-0.05, 0) is 36.2 Å². The summed E-state index contributed by atoms with van der Waals surface area (Å²) in [6.45, 7) is 2.58. The normalized spacial score (nSPS) is 10.7. The summed E-state index contributed by atoms with van der Waals surface area (Å²) in [7, 11) is 0. The number of hydrogen-bond donors (Lipinski definition) is 0. The van der Waals surface area contributed by atoms with Gasteiger partial charge in [0.05, 0.1) is 10.9 Å². The number of benzene rings is 2. The van der Waals surface area contributed by atoms with E-state index in [2.05, 4.69) is 45.0 Å². The zero-order valence-corrected chi connectivity index (χ0v) is 12.6. The molecule has 0 saturated carbocycles. The van der Waals surface area contributed by atoms with Crippen LogP contribution in [0.4, 0.5) is 0 Å². The van der Waals surface area contributed by atoms with E-state index in [0.717, 1.165) is 20.9 Å². The molecule has 2 aromatic carbocycles. The number of hydrogen-bond acceptors (Lipinski definition) is 3. The van der Waals surface area contributed by atoms with E-state index in [-0.39, 0.29) is 0 Å². The van der Waals surface area contributed by atoms with Crippen molar-refractivity contribution in [3.8, 4) is 5.88 Å². The number of aromatic nitrogens is 2. The summed E-state index contributed by atoms with van der Waals surface area (Å²) in [4.78, 5) is 8.48. The molecule has 0 bridgehead atoms. The van der Waals surface area contributed by atoms with Crippen LogP contribution in [-0.4, -0.2) is 9.97 Å². The van der Waals surface area contributed by atoms with Crippen molar-refractivity contribution in [1.82, 2.24) is 9.97 Å². The van der Waals surface area contributed by atoms with Crippen molar-refractivity contribution in [3.05, 3.63) is 64.4 Å². The molecular formula is C16H13BrN2O. The number of aryl methyl sites for hydroxylation is 1. The van der Waals surface area contributed by atoms with Crippen LogP contribution in [0, 0.1) is 6.92 Å². The number of ether oxygens (including phenoxy) is 1. The monoisotopic (exact) mass is 328 g/mol. The highest BCUT2D eigenvalue weighted by Crippen LogP contribution is 2.25. The van der Waals surface area contributed by atoms with E-state index in [1.54, 1.807) is 0 Å². The Kier molecular flexibility index (Phi) is 3.65. The maximum Gasteiger partial charge on any atom is 0.224 e. The van der Waals surface area contributed by atoms with E-state index < -0.39 is 0 Å². The van der Waals surface area contributed by atoms with E-state index in [0.29, 0.717) is 12.5 Å². The van der Waals surface area contributed by atoms with Crippen molar-refractivity contribution in [1.29, 1.82) is 0 Å². The lowest BCUT2D eigenvalue weighted by molar-refractivity contribution is 0.297. The van der Waals surface area contributed by atoms with Crippen LogP contribution in [0.2, 0.25) is 0 Å². The molecule has 0 unspecified atom stereocenters. The van der Waals surface area contributed by atoms with Crippen LogP contribution in [0.25, 0.3) is 10.9 Å². The Labute approximate surface area is 125 Å². The minimum Gasteiger partial charge on any atom is -0.472 e. The zero-order chi connectivity index (χ0) is 13.9. The van der Waals surface area contributed by atoms with E-state index in [4.69, 9.17) is 4.74 Å². The lowest BCUT2D eigenvalue weighted by Gasteiger charge is -2.09. The van der Waals surface area contributed by atoms with Gasteiger partial charge in [-0.1, -0.05) is 40.2 Å². The fraction of sp³-hybridized carbons (Fsp3) is 0.125. The molecule has 0 aliphatic rings. The lowest BCUT2D eigenvalue weighted by Crippen LogP contribution is -2.00. The van der Waals surface area contributed by atoms with Crippen LogP contribution in [0.3, 0.4) is 0 Å². The highest BCUT2D eigenvalue weighted by Gasteiger charge is 2.06. The SMILES string of the molecule is Cc1ccccc1COc1ncnc2ccc(Br)cc12. The second kappa shape index (κ2) is 5.59. The standard InChI is InChI=1S/C16H13BrN2O/c1-11-4-2-3-5-12(11)9-20-16-14-8-13(17)6-7-15(14)18-10-19-16/h2-8,10H,9H2,1H3. The van der Waals surface area contributed by atoms with E-state index >= 15 is 0 Å². The summed E-state index contributed by atoms with van der Waals surface area (Å²) in [5.74, 6) is 0.611. The summed E-state index contributed by atoms with van der Waals surface area (Å²) >= 11 is 3.46. The van der Waals surface area contributed by atoms with Crippen molar-refractivity contribution in [2.75, 3.05) is 0 Å². The molecule has 1 heterocycles. The molecule has 4 heteroatoms. The number of halogens is 1. The molecular weight excluding hydrogens is 316 g/mol. The number of nitrogens with zero attached hydrogens (tertiary/aromatic N) is 2. The molecule has 0 radical (unpaired) electrons. The van der Waals surface area contributed by atoms with E-state index in [9.17, 15) is 0 Å². The maximum absolute atomic E-state index is 5.87. The van der Waals surface area contributed by atoms with Gasteiger partial charge >= 0.3 is 0 Å². The van der Waals surface area contributed by atoms with Gasteiger partial charge in [-0.25, -0.2) is 9.97 Å². The average Bonchev–Trinajstić information content (AvgIpc) is 2.46. The fourth-order valence-electron chi connectivity index (χ4n) is 2.04. The van der Waals surface area contributed by atoms with E-state index in [1.807, 2.05) is 30.3 Å². The Morgan fingerprint density at radius 1 is 1.10 bits per heavy atom. The first-order chi connectivity index (χ1) is 9.74. The highest BCUT2D eigenvalue weighted by molar-refractivity contribution is 9.10. The Hall–Kier alpha value is -1.94. The first-order valence-electron chi connectivity index (χ1n) is 6.31. The predicted molar refractivity (Wildman–Crippen MR) is 82.7 cm³/mol. The molecule has 1 aromatic heterocycles. The summed E-state index contributed by atoms with van der Waals surface area (Å²) in [6, 6.07) is 14.1. The van der Waals surface area contributed by atoms with Crippen molar-refractivity contribution in [3.63, 3.8) is 0 Å². The second-order valence-corrected chi connectivity index (χ2v) is 5.47. The van der Waals surface area contributed by atoms with E-state index in [1.165, 1.54) is 11.9 Å². The third-order valence-electron chi connectivity index (χ3n) is 3.19. The molecule has 0 aliphatic heterocycles. The molecule has 0 spiro atoms. The Bertz CT molecular complexity index is 758. The van der Waals surface area contributed by atoms with Gasteiger partial charge in [0, 0.05) is 4.47 Å². The third-order valence-corrected chi connectivity index (χ3v) is 3.68. The quantitative estimate of drug-likeness (QED) is 0.719. The van der Waals surface area contributed by atoms with Gasteiger partial charge in [-0.3, -0.25) is 0 Å². The summed E-state index contributed by atoms with van der Waals surface area (Å²) in [6.07, 6.45) is 1.53. The minimum absolute atomic E-state index is 0.505. The van der Waals surface area contributed by atoms with Crippen molar-refractivity contribution in [2.45, 2.75) is 13.5 Å². The van der Waals surface area contributed by atoms with Crippen LogP contribution in [0.15, 0.2) is 53.3 Å². The molecule has 3 nitrogen and oxygen atoms in total. The summed E-state index contributed by atoms with van der Waals surface area (Å²) in [5, 5.41) is 0.912. The van der Waals surface area contributed by atoms with Crippen molar-refractivity contribution in [2.24, 2.45) is 0 Å². The number of rotatable bonds is 3. The Morgan fingerprint density at radius 3 is 2.80 bits per heavy atom. The van der Waals surface area contributed by atoms with Gasteiger partial charge in [-0.15, -0.1) is 0 Å². The van der Waals surface area contributed by atoms with Crippen LogP contribution in [-0.2, 0) is 6.61 Å². The topological polar surface area (TPSA) is 35.0 Å². The van der Waals surface area contributed by atoms with Gasteiger partial charge in [0.1, 0.15) is 12.9 Å². The first-order valence-corrected chi connectivity index (χ1v) is 7.11. The molecule has 0 aliphatic carbocycles. The predicted octanol–water partition coefficient (Wildman–Crippen LogP) is 4.28. The molecule has 0 saturated heterocycles. The fourth-order valence-corrected chi connectivity index (χ4v) is 2.40. The highest BCUT2D eigenvalue weighted by atomic mass is 79.9. The third kappa shape index (κ3) is 2.65. The van der Waals surface area contributed by atoms with Crippen LogP contribution in [0.1, 0.15) is 11.1 Å². The molecule has 3 aromatic rings. The first kappa shape index (κ1) is 13.1. The number of fused-ring (bicyclic) bond motifs is 1.